The molecule has 1 saturated heterocycles. The number of carbonyl (C=O) groups excluding carboxylic acids is 2. The average molecular weight is 757 g/mol. The van der Waals surface area contributed by atoms with E-state index in [-0.39, 0.29) is 36.0 Å². The van der Waals surface area contributed by atoms with Gasteiger partial charge in [0.25, 0.3) is 11.8 Å². The van der Waals surface area contributed by atoms with Crippen molar-refractivity contribution in [2.75, 3.05) is 30.1 Å². The molecule has 0 aliphatic carbocycles. The Balaban J connectivity index is 1.37. The van der Waals surface area contributed by atoms with Gasteiger partial charge in [-0.05, 0) is 100 Å². The van der Waals surface area contributed by atoms with Gasteiger partial charge in [-0.25, -0.2) is 0 Å². The summed E-state index contributed by atoms with van der Waals surface area (Å²) >= 11 is 0. The van der Waals surface area contributed by atoms with E-state index < -0.39 is 13.7 Å². The van der Waals surface area contributed by atoms with Crippen LogP contribution in [0.2, 0.25) is 18.6 Å². The molecule has 0 aromatic heterocycles. The van der Waals surface area contributed by atoms with Crippen LogP contribution in [0.5, 0.6) is 17.2 Å². The molecule has 1 fully saturated rings. The first-order valence-corrected chi connectivity index (χ1v) is 22.4. The molecule has 8 nitrogen and oxygen atoms in total. The lowest BCUT2D eigenvalue weighted by Gasteiger charge is -2.37. The molecule has 1 spiro atoms. The molecule has 55 heavy (non-hydrogen) atoms. The van der Waals surface area contributed by atoms with E-state index in [4.69, 9.17) is 14.2 Å². The Morgan fingerprint density at radius 2 is 1.62 bits per heavy atom. The van der Waals surface area contributed by atoms with E-state index in [0.29, 0.717) is 41.4 Å². The van der Waals surface area contributed by atoms with E-state index in [1.807, 2.05) is 71.6 Å². The quantitative estimate of drug-likeness (QED) is 0.121. The molecule has 286 valence electrons. The summed E-state index contributed by atoms with van der Waals surface area (Å²) in [6.07, 6.45) is 6.26. The van der Waals surface area contributed by atoms with Crippen LogP contribution < -0.4 is 24.5 Å². The van der Waals surface area contributed by atoms with E-state index in [9.17, 15) is 9.90 Å². The van der Waals surface area contributed by atoms with Crippen LogP contribution in [0.25, 0.3) is 0 Å². The number of aliphatic hydroxyl groups excluding tert-OH is 1. The Hall–Kier alpha value is -4.96. The monoisotopic (exact) mass is 756 g/mol. The minimum absolute atomic E-state index is 0.0179. The minimum Gasteiger partial charge on any atom is -0.497 e. The van der Waals surface area contributed by atoms with Crippen LogP contribution in [0.1, 0.15) is 62.9 Å². The highest BCUT2D eigenvalue weighted by atomic mass is 28.3. The van der Waals surface area contributed by atoms with Crippen molar-refractivity contribution < 1.29 is 28.9 Å². The Kier molecular flexibility index (Phi) is 10.6. The van der Waals surface area contributed by atoms with Crippen molar-refractivity contribution in [2.45, 2.75) is 77.3 Å². The summed E-state index contributed by atoms with van der Waals surface area (Å²) in [4.78, 5) is 33.4. The number of fused-ring (bicyclic) bond motifs is 4. The van der Waals surface area contributed by atoms with Gasteiger partial charge in [0.2, 0.25) is 0 Å². The van der Waals surface area contributed by atoms with Gasteiger partial charge in [-0.2, -0.15) is 0 Å². The smallest absolute Gasteiger partial charge is 0.266 e. The van der Waals surface area contributed by atoms with Crippen LogP contribution in [-0.2, 0) is 15.1 Å². The zero-order valence-electron chi connectivity index (χ0n) is 33.0. The van der Waals surface area contributed by atoms with Gasteiger partial charge in [0.05, 0.1) is 38.2 Å². The summed E-state index contributed by atoms with van der Waals surface area (Å²) in [6.45, 7) is 13.5. The van der Waals surface area contributed by atoms with Gasteiger partial charge in [0.1, 0.15) is 11.5 Å². The second kappa shape index (κ2) is 15.3. The number of rotatable bonds is 11. The summed E-state index contributed by atoms with van der Waals surface area (Å²) < 4.78 is 19.0. The topological polar surface area (TPSA) is 88.5 Å². The highest BCUT2D eigenvalue weighted by molar-refractivity contribution is 6.91. The summed E-state index contributed by atoms with van der Waals surface area (Å²) in [5, 5.41) is 11.7. The Labute approximate surface area is 326 Å². The standard InChI is InChI=1S/C46H52N2O6Si/c1-30(2)13-12-14-31(3)25-27-47-38-24-19-33(48-39-16-9-11-18-41(39)53-40-17-10-8-15-36(40)44(48)50)29-37(38)46(45(47)51)32(4)43(42(54-46)26-28-49)55(6,7)35-22-20-34(52-5)21-23-35/h8-11,13,15-25,29,32,42-43,49H,12,14,26-28H2,1-7H3/b31-25+/t32-,42+,43-,46+/m1/s1. The van der Waals surface area contributed by atoms with Crippen molar-refractivity contribution in [1.29, 1.82) is 0 Å². The third-order valence-electron chi connectivity index (χ3n) is 11.9. The molecule has 9 heteroatoms. The lowest BCUT2D eigenvalue weighted by Crippen LogP contribution is -2.52. The van der Waals surface area contributed by atoms with Gasteiger partial charge in [0, 0.05) is 30.3 Å². The highest BCUT2D eigenvalue weighted by Gasteiger charge is 2.66. The third kappa shape index (κ3) is 6.72. The van der Waals surface area contributed by atoms with Gasteiger partial charge in [0.15, 0.2) is 11.4 Å². The maximum Gasteiger partial charge on any atom is 0.266 e. The zero-order chi connectivity index (χ0) is 39.1. The average Bonchev–Trinajstić information content (AvgIpc) is 3.55. The van der Waals surface area contributed by atoms with E-state index in [0.717, 1.165) is 29.8 Å². The molecule has 0 unspecified atom stereocenters. The number of nitrogens with zero attached hydrogens (tertiary/aromatic N) is 2. The van der Waals surface area contributed by atoms with Crippen LogP contribution in [0, 0.1) is 5.92 Å². The van der Waals surface area contributed by atoms with Crippen LogP contribution in [0.3, 0.4) is 0 Å². The molecule has 0 bridgehead atoms. The molecule has 4 aromatic carbocycles. The van der Waals surface area contributed by atoms with E-state index in [1.54, 1.807) is 24.1 Å². The highest BCUT2D eigenvalue weighted by Crippen LogP contribution is 2.60. The Morgan fingerprint density at radius 1 is 0.909 bits per heavy atom. The van der Waals surface area contributed by atoms with Gasteiger partial charge in [-0.3, -0.25) is 14.5 Å². The number of hydrogen-bond donors (Lipinski definition) is 1. The van der Waals surface area contributed by atoms with Crippen molar-refractivity contribution in [3.63, 3.8) is 0 Å². The number of benzene rings is 4. The minimum atomic E-state index is -2.38. The van der Waals surface area contributed by atoms with Gasteiger partial charge in [-0.15, -0.1) is 0 Å². The maximum atomic E-state index is 15.3. The maximum absolute atomic E-state index is 15.3. The van der Waals surface area contributed by atoms with Crippen LogP contribution >= 0.6 is 0 Å². The fourth-order valence-corrected chi connectivity index (χ4v) is 13.1. The normalized spacial score (nSPS) is 21.9. The number of carbonyl (C=O) groups is 2. The summed E-state index contributed by atoms with van der Waals surface area (Å²) in [5.74, 6) is 1.25. The number of allylic oxidation sites excluding steroid dienone is 3. The van der Waals surface area contributed by atoms with Crippen molar-refractivity contribution in [3.8, 4) is 17.2 Å². The lowest BCUT2D eigenvalue weighted by atomic mass is 9.82. The van der Waals surface area contributed by atoms with E-state index >= 15 is 4.79 Å². The van der Waals surface area contributed by atoms with Gasteiger partial charge < -0.3 is 24.2 Å². The number of ether oxygens (including phenoxy) is 3. The van der Waals surface area contributed by atoms with Crippen molar-refractivity contribution >= 4 is 42.1 Å². The fourth-order valence-electron chi connectivity index (χ4n) is 9.02. The van der Waals surface area contributed by atoms with Crippen LogP contribution in [-0.4, -0.2) is 51.4 Å². The number of amides is 2. The number of para-hydroxylation sites is 3. The SMILES string of the molecule is COc1ccc([Si](C)(C)[C@H]2[C@H](CCO)O[C@@]3(C(=O)N(C/C=C(\C)CCC=C(C)C)c4ccc(N5C(=O)c6ccccc6Oc6ccccc65)cc43)[C@@H]2C)cc1. The first-order chi connectivity index (χ1) is 26.4. The second-order valence-corrected chi connectivity index (χ2v) is 20.6. The fraction of sp³-hybridized carbons (Fsp3) is 0.348. The van der Waals surface area contributed by atoms with Crippen molar-refractivity contribution in [2.24, 2.45) is 5.92 Å². The molecule has 2 amide bonds. The lowest BCUT2D eigenvalue weighted by molar-refractivity contribution is -0.146. The first-order valence-electron chi connectivity index (χ1n) is 19.3. The molecule has 7 rings (SSSR count). The number of methoxy groups -OCH3 is 1. The predicted molar refractivity (Wildman–Crippen MR) is 222 cm³/mol. The molecule has 4 atom stereocenters. The molecule has 0 saturated carbocycles. The van der Waals surface area contributed by atoms with Gasteiger partial charge >= 0.3 is 0 Å². The van der Waals surface area contributed by atoms with Crippen LogP contribution in [0.15, 0.2) is 114 Å². The second-order valence-electron chi connectivity index (χ2n) is 15.9. The number of anilines is 3. The first kappa shape index (κ1) is 38.3. The molecular formula is C46H52N2O6Si. The molecule has 3 heterocycles. The number of hydrogen-bond acceptors (Lipinski definition) is 6. The van der Waals surface area contributed by atoms with Crippen molar-refractivity contribution in [1.82, 2.24) is 0 Å². The van der Waals surface area contributed by atoms with Crippen molar-refractivity contribution in [3.05, 3.63) is 125 Å². The molecule has 3 aliphatic heterocycles. The number of aliphatic hydroxyl groups is 1. The molecule has 4 aromatic rings. The largest absolute Gasteiger partial charge is 0.497 e. The summed E-state index contributed by atoms with van der Waals surface area (Å²) in [5.41, 5.74) is 4.33. The molecule has 3 aliphatic rings. The predicted octanol–water partition coefficient (Wildman–Crippen LogP) is 9.42. The van der Waals surface area contributed by atoms with E-state index in [1.165, 1.54) is 16.3 Å². The molecule has 0 radical (unpaired) electrons. The zero-order valence-corrected chi connectivity index (χ0v) is 34.0. The summed E-state index contributed by atoms with van der Waals surface area (Å²) in [6, 6.07) is 28.9. The molecule has 1 N–H and O–H groups in total. The van der Waals surface area contributed by atoms with Crippen LogP contribution in [0.4, 0.5) is 17.1 Å². The van der Waals surface area contributed by atoms with E-state index in [2.05, 4.69) is 65.1 Å². The summed E-state index contributed by atoms with van der Waals surface area (Å²) in [7, 11) is -0.719. The Morgan fingerprint density at radius 3 is 2.33 bits per heavy atom. The third-order valence-corrected chi connectivity index (χ3v) is 16.2. The molecular weight excluding hydrogens is 705 g/mol. The van der Waals surface area contributed by atoms with Gasteiger partial charge in [-0.1, -0.05) is 84.9 Å². The Bertz CT molecular complexity index is 2160.